The van der Waals surface area contributed by atoms with E-state index in [1.807, 2.05) is 0 Å². The van der Waals surface area contributed by atoms with Crippen molar-refractivity contribution < 1.29 is 9.59 Å². The number of aromatic nitrogens is 2. The highest BCUT2D eigenvalue weighted by Gasteiger charge is 2.41. The first-order valence-electron chi connectivity index (χ1n) is 7.19. The highest BCUT2D eigenvalue weighted by atomic mass is 16.2. The molecule has 2 aliphatic heterocycles. The van der Waals surface area contributed by atoms with Gasteiger partial charge in [-0.2, -0.15) is 0 Å². The summed E-state index contributed by atoms with van der Waals surface area (Å²) in [5, 5.41) is 0. The van der Waals surface area contributed by atoms with E-state index in [4.69, 9.17) is 0 Å². The average molecular weight is 284 g/mol. The molecule has 2 aliphatic rings. The molecule has 0 unspecified atom stereocenters. The van der Waals surface area contributed by atoms with E-state index < -0.39 is 0 Å². The minimum Gasteiger partial charge on any atom is -0.345 e. The third kappa shape index (κ3) is 1.79. The van der Waals surface area contributed by atoms with E-state index in [0.717, 1.165) is 37.0 Å². The Kier molecular flexibility index (Phi) is 2.62. The molecule has 1 aromatic carbocycles. The lowest BCUT2D eigenvalue weighted by Gasteiger charge is -2.33. The monoisotopic (exact) mass is 284 g/mol. The molecule has 6 nitrogen and oxygen atoms in total. The van der Waals surface area contributed by atoms with Gasteiger partial charge < -0.3 is 9.88 Å². The number of imidazole rings is 1. The Bertz CT molecular complexity index is 693. The van der Waals surface area contributed by atoms with Crippen LogP contribution in [-0.2, 0) is 0 Å². The molecular weight excluding hydrogens is 268 g/mol. The number of nitrogens with zero attached hydrogens (tertiary/aromatic N) is 3. The van der Waals surface area contributed by atoms with Gasteiger partial charge in [0.25, 0.3) is 11.8 Å². The highest BCUT2D eigenvalue weighted by Crippen LogP contribution is 2.30. The number of imide groups is 1. The van der Waals surface area contributed by atoms with Gasteiger partial charge in [-0.05, 0) is 45.1 Å². The highest BCUT2D eigenvalue weighted by molar-refractivity contribution is 6.23. The fourth-order valence-electron chi connectivity index (χ4n) is 3.27. The SMILES string of the molecule is CN1CCC(N2C(=O)c3cc4nc[nH]c4cc3C2=O)CC1. The Balaban J connectivity index is 1.72. The zero-order valence-corrected chi connectivity index (χ0v) is 11.8. The predicted octanol–water partition coefficient (Wildman–Crippen LogP) is 1.25. The lowest BCUT2D eigenvalue weighted by Crippen LogP contribution is -2.46. The van der Waals surface area contributed by atoms with Crippen molar-refractivity contribution in [1.82, 2.24) is 19.8 Å². The molecule has 0 radical (unpaired) electrons. The minimum absolute atomic E-state index is 0.0138. The summed E-state index contributed by atoms with van der Waals surface area (Å²) in [7, 11) is 2.06. The molecule has 1 saturated heterocycles. The van der Waals surface area contributed by atoms with E-state index in [1.165, 1.54) is 4.90 Å². The van der Waals surface area contributed by atoms with E-state index in [9.17, 15) is 9.59 Å². The van der Waals surface area contributed by atoms with Crippen LogP contribution in [0.3, 0.4) is 0 Å². The van der Waals surface area contributed by atoms with Gasteiger partial charge in [0, 0.05) is 6.04 Å². The van der Waals surface area contributed by atoms with Crippen LogP contribution < -0.4 is 0 Å². The molecule has 21 heavy (non-hydrogen) atoms. The fourth-order valence-corrected chi connectivity index (χ4v) is 3.27. The topological polar surface area (TPSA) is 69.3 Å². The van der Waals surface area contributed by atoms with Gasteiger partial charge in [0.2, 0.25) is 0 Å². The third-order valence-corrected chi connectivity index (χ3v) is 4.51. The number of likely N-dealkylation sites (tertiary alicyclic amines) is 1. The fraction of sp³-hybridized carbons (Fsp3) is 0.400. The van der Waals surface area contributed by atoms with Crippen molar-refractivity contribution in [1.29, 1.82) is 0 Å². The standard InChI is InChI=1S/C15H16N4O2/c1-18-4-2-9(3-5-18)19-14(20)10-6-12-13(17-8-16-12)7-11(10)15(19)21/h6-9H,2-5H2,1H3,(H,16,17). The van der Waals surface area contributed by atoms with Crippen LogP contribution in [0, 0.1) is 0 Å². The van der Waals surface area contributed by atoms with Gasteiger partial charge in [-0.25, -0.2) is 4.98 Å². The first-order valence-corrected chi connectivity index (χ1v) is 7.19. The van der Waals surface area contributed by atoms with Crippen molar-refractivity contribution in [2.75, 3.05) is 20.1 Å². The van der Waals surface area contributed by atoms with Crippen LogP contribution in [-0.4, -0.2) is 57.8 Å². The maximum atomic E-state index is 12.6. The Morgan fingerprint density at radius 3 is 2.52 bits per heavy atom. The molecule has 4 rings (SSSR count). The quantitative estimate of drug-likeness (QED) is 0.800. The number of rotatable bonds is 1. The van der Waals surface area contributed by atoms with Crippen molar-refractivity contribution in [3.8, 4) is 0 Å². The largest absolute Gasteiger partial charge is 0.345 e. The van der Waals surface area contributed by atoms with Gasteiger partial charge in [0.15, 0.2) is 0 Å². The number of carbonyl (C=O) groups excluding carboxylic acids is 2. The van der Waals surface area contributed by atoms with Crippen molar-refractivity contribution in [2.45, 2.75) is 18.9 Å². The van der Waals surface area contributed by atoms with Crippen molar-refractivity contribution in [2.24, 2.45) is 0 Å². The molecule has 6 heteroatoms. The number of H-pyrrole nitrogens is 1. The van der Waals surface area contributed by atoms with Crippen LogP contribution >= 0.6 is 0 Å². The predicted molar refractivity (Wildman–Crippen MR) is 77.1 cm³/mol. The lowest BCUT2D eigenvalue weighted by molar-refractivity contribution is 0.0516. The van der Waals surface area contributed by atoms with Gasteiger partial charge in [0.05, 0.1) is 28.5 Å². The second-order valence-electron chi connectivity index (χ2n) is 5.83. The zero-order valence-electron chi connectivity index (χ0n) is 11.8. The molecule has 1 aromatic heterocycles. The number of carbonyl (C=O) groups is 2. The van der Waals surface area contributed by atoms with Gasteiger partial charge in [-0.3, -0.25) is 14.5 Å². The third-order valence-electron chi connectivity index (χ3n) is 4.51. The molecule has 0 saturated carbocycles. The van der Waals surface area contributed by atoms with Crippen molar-refractivity contribution in [3.63, 3.8) is 0 Å². The number of amides is 2. The molecule has 0 aliphatic carbocycles. The van der Waals surface area contributed by atoms with Gasteiger partial charge in [-0.15, -0.1) is 0 Å². The number of piperidine rings is 1. The number of fused-ring (bicyclic) bond motifs is 2. The minimum atomic E-state index is -0.172. The maximum Gasteiger partial charge on any atom is 0.261 e. The summed E-state index contributed by atoms with van der Waals surface area (Å²) in [5.41, 5.74) is 2.49. The summed E-state index contributed by atoms with van der Waals surface area (Å²) >= 11 is 0. The molecule has 108 valence electrons. The van der Waals surface area contributed by atoms with E-state index in [-0.39, 0.29) is 17.9 Å². The second-order valence-corrected chi connectivity index (χ2v) is 5.83. The molecule has 3 heterocycles. The first-order chi connectivity index (χ1) is 10.1. The Hall–Kier alpha value is -2.21. The smallest absolute Gasteiger partial charge is 0.261 e. The molecule has 0 atom stereocenters. The second kappa shape index (κ2) is 4.39. The van der Waals surface area contributed by atoms with E-state index in [0.29, 0.717) is 11.1 Å². The van der Waals surface area contributed by atoms with Gasteiger partial charge >= 0.3 is 0 Å². The average Bonchev–Trinajstić information content (AvgIpc) is 3.03. The van der Waals surface area contributed by atoms with Gasteiger partial charge in [-0.1, -0.05) is 0 Å². The van der Waals surface area contributed by atoms with Crippen LogP contribution in [0.5, 0.6) is 0 Å². The molecule has 1 N–H and O–H groups in total. The maximum absolute atomic E-state index is 12.6. The summed E-state index contributed by atoms with van der Waals surface area (Å²) in [4.78, 5) is 36.0. The van der Waals surface area contributed by atoms with Crippen molar-refractivity contribution in [3.05, 3.63) is 29.6 Å². The number of nitrogens with one attached hydrogen (secondary N) is 1. The Morgan fingerprint density at radius 2 is 1.81 bits per heavy atom. The number of hydrogen-bond donors (Lipinski definition) is 1. The van der Waals surface area contributed by atoms with E-state index in [2.05, 4.69) is 21.9 Å². The van der Waals surface area contributed by atoms with Crippen LogP contribution in [0.15, 0.2) is 18.5 Å². The van der Waals surface area contributed by atoms with E-state index in [1.54, 1.807) is 18.5 Å². The number of benzene rings is 1. The van der Waals surface area contributed by atoms with Crippen LogP contribution in [0.1, 0.15) is 33.6 Å². The normalized spacial score (nSPS) is 20.5. The van der Waals surface area contributed by atoms with Crippen LogP contribution in [0.2, 0.25) is 0 Å². The summed E-state index contributed by atoms with van der Waals surface area (Å²) in [6.07, 6.45) is 3.26. The molecule has 0 bridgehead atoms. The summed E-state index contributed by atoms with van der Waals surface area (Å²) < 4.78 is 0. The summed E-state index contributed by atoms with van der Waals surface area (Å²) in [6, 6.07) is 3.48. The molecular formula is C15H16N4O2. The molecule has 1 fully saturated rings. The molecule has 2 aromatic rings. The molecule has 0 spiro atoms. The Labute approximate surface area is 121 Å². The number of hydrogen-bond acceptors (Lipinski definition) is 4. The van der Waals surface area contributed by atoms with Crippen LogP contribution in [0.4, 0.5) is 0 Å². The lowest BCUT2D eigenvalue weighted by atomic mass is 10.0. The van der Waals surface area contributed by atoms with Crippen LogP contribution in [0.25, 0.3) is 11.0 Å². The zero-order chi connectivity index (χ0) is 14.6. The first kappa shape index (κ1) is 12.5. The summed E-state index contributed by atoms with van der Waals surface area (Å²) in [5.74, 6) is -0.337. The van der Waals surface area contributed by atoms with Gasteiger partial charge in [0.1, 0.15) is 0 Å². The molecule has 2 amide bonds. The Morgan fingerprint density at radius 1 is 1.14 bits per heavy atom. The van der Waals surface area contributed by atoms with Crippen molar-refractivity contribution >= 4 is 22.8 Å². The number of aromatic amines is 1. The summed E-state index contributed by atoms with van der Waals surface area (Å²) in [6.45, 7) is 1.83. The van der Waals surface area contributed by atoms with E-state index >= 15 is 0 Å².